The molecule has 0 N–H and O–H groups in total. The first-order valence-corrected chi connectivity index (χ1v) is 13.6. The van der Waals surface area contributed by atoms with Gasteiger partial charge in [0.15, 0.2) is 0 Å². The van der Waals surface area contributed by atoms with E-state index in [0.29, 0.717) is 71.4 Å². The molecule has 0 rings (SSSR count). The van der Waals surface area contributed by atoms with Crippen molar-refractivity contribution in [3.05, 3.63) is 0 Å². The van der Waals surface area contributed by atoms with Crippen molar-refractivity contribution in [1.29, 1.82) is 0 Å². The van der Waals surface area contributed by atoms with Crippen LogP contribution in [-0.2, 0) is 36.9 Å². The van der Waals surface area contributed by atoms with E-state index >= 15 is 0 Å². The Labute approximate surface area is 170 Å². The van der Waals surface area contributed by atoms with Gasteiger partial charge in [-0.15, -0.1) is 0 Å². The first-order chi connectivity index (χ1) is 13.4. The second-order valence-electron chi connectivity index (χ2n) is 5.77. The summed E-state index contributed by atoms with van der Waals surface area (Å²) in [5, 5.41) is 1.42. The van der Waals surface area contributed by atoms with E-state index in [4.69, 9.17) is 27.8 Å². The fourth-order valence-electron chi connectivity index (χ4n) is 2.32. The highest BCUT2D eigenvalue weighted by Gasteiger charge is 2.24. The van der Waals surface area contributed by atoms with E-state index in [2.05, 4.69) is 0 Å². The highest BCUT2D eigenvalue weighted by atomic mass is 31.2. The molecule has 0 heterocycles. The molecule has 0 aromatic carbocycles. The molecule has 0 atom stereocenters. The van der Waals surface area contributed by atoms with Gasteiger partial charge < -0.3 is 18.1 Å². The zero-order chi connectivity index (χ0) is 21.3. The number of rotatable bonds is 20. The van der Waals surface area contributed by atoms with Crippen LogP contribution in [0, 0.1) is 0 Å². The van der Waals surface area contributed by atoms with Crippen LogP contribution < -0.4 is 0 Å². The fraction of sp³-hybridized carbons (Fsp3) is 1.00. The summed E-state index contributed by atoms with van der Waals surface area (Å²) in [6, 6.07) is 0. The van der Waals surface area contributed by atoms with E-state index in [9.17, 15) is 9.13 Å². The Hall–Kier alpha value is 0.180. The number of nitrogens with zero attached hydrogens (tertiary/aromatic N) is 1. The van der Waals surface area contributed by atoms with E-state index in [1.54, 1.807) is 27.7 Å². The molecule has 0 aromatic rings. The molecule has 28 heavy (non-hydrogen) atoms. The van der Waals surface area contributed by atoms with Gasteiger partial charge in [-0.25, -0.2) is 0 Å². The van der Waals surface area contributed by atoms with Crippen molar-refractivity contribution in [2.24, 2.45) is 0 Å². The van der Waals surface area contributed by atoms with Crippen LogP contribution >= 0.6 is 15.2 Å². The molecule has 0 amide bonds. The Kier molecular flexibility index (Phi) is 17.0. The molecule has 0 radical (unpaired) electrons. The first kappa shape index (κ1) is 28.2. The van der Waals surface area contributed by atoms with Crippen molar-refractivity contribution in [3.8, 4) is 0 Å². The zero-order valence-corrected chi connectivity index (χ0v) is 19.9. The van der Waals surface area contributed by atoms with Crippen molar-refractivity contribution in [3.63, 3.8) is 0 Å². The Morgan fingerprint density at radius 2 is 1.00 bits per heavy atom. The molecule has 9 nitrogen and oxygen atoms in total. The average molecular weight is 447 g/mol. The second-order valence-corrected chi connectivity index (χ2v) is 10.1. The second kappa shape index (κ2) is 16.9. The molecular formula is C17H39NO8P2. The third-order valence-electron chi connectivity index (χ3n) is 3.33. The van der Waals surface area contributed by atoms with Gasteiger partial charge in [0.2, 0.25) is 0 Å². The third kappa shape index (κ3) is 13.4. The van der Waals surface area contributed by atoms with Crippen LogP contribution in [0.3, 0.4) is 0 Å². The van der Waals surface area contributed by atoms with Gasteiger partial charge in [0.1, 0.15) is 0 Å². The minimum absolute atomic E-state index is 0.292. The van der Waals surface area contributed by atoms with E-state index in [1.165, 1.54) is 5.23 Å². The number of hydrogen-bond acceptors (Lipinski definition) is 9. The van der Waals surface area contributed by atoms with Crippen molar-refractivity contribution in [2.75, 3.05) is 58.5 Å². The maximum Gasteiger partial charge on any atom is 0.330 e. The van der Waals surface area contributed by atoms with Gasteiger partial charge in [-0.3, -0.25) is 18.8 Å². The molecule has 0 aliphatic rings. The van der Waals surface area contributed by atoms with Gasteiger partial charge in [-0.1, -0.05) is 12.2 Å². The average Bonchev–Trinajstić information content (AvgIpc) is 2.63. The lowest BCUT2D eigenvalue weighted by Gasteiger charge is -2.22. The standard InChI is InChI=1S/C17H39NO8P2/c1-6-13-18(21-14-11-16-27(19,23-7-2)24-8-3)22-15-12-17-28(20,25-9-4)26-10-5/h6-17H2,1-5H3. The van der Waals surface area contributed by atoms with E-state index in [1.807, 2.05) is 6.92 Å². The van der Waals surface area contributed by atoms with E-state index in [0.717, 1.165) is 6.42 Å². The highest BCUT2D eigenvalue weighted by Crippen LogP contribution is 2.49. The molecule has 11 heteroatoms. The lowest BCUT2D eigenvalue weighted by Crippen LogP contribution is -2.27. The number of hydrogen-bond donors (Lipinski definition) is 0. The number of hydroxylamine groups is 2. The summed E-state index contributed by atoms with van der Waals surface area (Å²) in [6.07, 6.45) is 2.46. The summed E-state index contributed by atoms with van der Waals surface area (Å²) in [4.78, 5) is 11.2. The summed E-state index contributed by atoms with van der Waals surface area (Å²) in [7, 11) is -6.10. The summed E-state index contributed by atoms with van der Waals surface area (Å²) in [5.74, 6) is 0. The van der Waals surface area contributed by atoms with Crippen molar-refractivity contribution in [2.45, 2.75) is 53.9 Å². The summed E-state index contributed by atoms with van der Waals surface area (Å²) in [5.41, 5.74) is 0. The van der Waals surface area contributed by atoms with Gasteiger partial charge in [0.25, 0.3) is 0 Å². The minimum atomic E-state index is -3.05. The predicted molar refractivity (Wildman–Crippen MR) is 110 cm³/mol. The van der Waals surface area contributed by atoms with Crippen LogP contribution in [0.1, 0.15) is 53.9 Å². The smallest absolute Gasteiger partial charge is 0.309 e. The largest absolute Gasteiger partial charge is 0.330 e. The van der Waals surface area contributed by atoms with Crippen LogP contribution in [0.5, 0.6) is 0 Å². The zero-order valence-electron chi connectivity index (χ0n) is 18.1. The lowest BCUT2D eigenvalue weighted by atomic mass is 10.5. The quantitative estimate of drug-likeness (QED) is 0.147. The normalized spacial score (nSPS) is 12.8. The molecule has 0 aromatic heterocycles. The molecule has 0 saturated heterocycles. The molecule has 0 unspecified atom stereocenters. The predicted octanol–water partition coefficient (Wildman–Crippen LogP) is 4.87. The van der Waals surface area contributed by atoms with Crippen LogP contribution in [0.25, 0.3) is 0 Å². The maximum absolute atomic E-state index is 12.4. The van der Waals surface area contributed by atoms with Gasteiger partial charge >= 0.3 is 15.2 Å². The Morgan fingerprint density at radius 1 is 0.643 bits per heavy atom. The van der Waals surface area contributed by atoms with Crippen LogP contribution in [0.15, 0.2) is 0 Å². The van der Waals surface area contributed by atoms with Crippen molar-refractivity contribution >= 4 is 15.2 Å². The van der Waals surface area contributed by atoms with Gasteiger partial charge in [-0.05, 0) is 47.0 Å². The van der Waals surface area contributed by atoms with Crippen LogP contribution in [0.2, 0.25) is 0 Å². The topological polar surface area (TPSA) is 92.8 Å². The molecule has 0 bridgehead atoms. The van der Waals surface area contributed by atoms with Crippen molar-refractivity contribution in [1.82, 2.24) is 5.23 Å². The molecule has 0 aliphatic carbocycles. The molecular weight excluding hydrogens is 408 g/mol. The first-order valence-electron chi connectivity index (χ1n) is 10.2. The molecule has 0 fully saturated rings. The fourth-order valence-corrected chi connectivity index (χ4v) is 5.59. The molecule has 0 saturated carbocycles. The minimum Gasteiger partial charge on any atom is -0.309 e. The highest BCUT2D eigenvalue weighted by molar-refractivity contribution is 7.54. The Balaban J connectivity index is 4.24. The monoisotopic (exact) mass is 447 g/mol. The maximum atomic E-state index is 12.4. The van der Waals surface area contributed by atoms with Gasteiger partial charge in [-0.2, -0.15) is 0 Å². The van der Waals surface area contributed by atoms with Gasteiger partial charge in [0.05, 0.1) is 58.5 Å². The van der Waals surface area contributed by atoms with Gasteiger partial charge in [0, 0.05) is 0 Å². The summed E-state index contributed by atoms with van der Waals surface area (Å²) >= 11 is 0. The van der Waals surface area contributed by atoms with E-state index < -0.39 is 15.2 Å². The van der Waals surface area contributed by atoms with Crippen LogP contribution in [0.4, 0.5) is 0 Å². The van der Waals surface area contributed by atoms with E-state index in [-0.39, 0.29) is 0 Å². The Bertz CT molecular complexity index is 408. The molecule has 0 spiro atoms. The Morgan fingerprint density at radius 3 is 1.29 bits per heavy atom. The third-order valence-corrected chi connectivity index (χ3v) is 7.67. The summed E-state index contributed by atoms with van der Waals surface area (Å²) in [6.45, 7) is 11.8. The van der Waals surface area contributed by atoms with Crippen molar-refractivity contribution < 1.29 is 36.9 Å². The summed E-state index contributed by atoms with van der Waals surface area (Å²) < 4.78 is 45.8. The molecule has 0 aliphatic heterocycles. The SMILES string of the molecule is CCCN(OCCCP(=O)(OCC)OCC)OCCCP(=O)(OCC)OCC. The lowest BCUT2D eigenvalue weighted by molar-refractivity contribution is -0.367. The molecule has 170 valence electrons. The van der Waals surface area contributed by atoms with Crippen LogP contribution in [-0.4, -0.2) is 63.7 Å².